The normalized spacial score (nSPS) is 19.5. The van der Waals surface area contributed by atoms with Gasteiger partial charge in [0.05, 0.1) is 28.2 Å². The second-order valence-electron chi connectivity index (χ2n) is 5.80. The van der Waals surface area contributed by atoms with Crippen LogP contribution in [0.4, 0.5) is 13.2 Å². The lowest BCUT2D eigenvalue weighted by molar-refractivity contribution is -0.274. The summed E-state index contributed by atoms with van der Waals surface area (Å²) in [5, 5.41) is 0. The molecule has 0 atom stereocenters. The smallest absolute Gasteiger partial charge is 0.491 e. The quantitative estimate of drug-likeness (QED) is 0.634. The Morgan fingerprint density at radius 3 is 2.63 bits per heavy atom. The fraction of sp³-hybridized carbons (Fsp3) is 0.190. The first-order valence-corrected chi connectivity index (χ1v) is 8.40. The third-order valence-corrected chi connectivity index (χ3v) is 3.79. The fourth-order valence-corrected chi connectivity index (χ4v) is 2.52. The fourth-order valence-electron chi connectivity index (χ4n) is 2.52. The molecule has 0 fully saturated rings. The van der Waals surface area contributed by atoms with E-state index in [0.717, 1.165) is 24.3 Å². The van der Waals surface area contributed by atoms with Crippen molar-refractivity contribution in [2.45, 2.75) is 12.9 Å². The minimum atomic E-state index is -4.95. The zero-order valence-electron chi connectivity index (χ0n) is 21.9. The number of aromatic nitrogens is 2. The van der Waals surface area contributed by atoms with Gasteiger partial charge in [-0.15, -0.1) is 13.2 Å². The van der Waals surface area contributed by atoms with E-state index in [9.17, 15) is 18.0 Å². The van der Waals surface area contributed by atoms with Crippen LogP contribution >= 0.6 is 0 Å². The highest BCUT2D eigenvalue weighted by molar-refractivity contribution is 5.98. The summed E-state index contributed by atoms with van der Waals surface area (Å²) in [6, 6.07) is 3.40. The molecule has 6 nitrogen and oxygen atoms in total. The van der Waals surface area contributed by atoms with Crippen molar-refractivity contribution in [2.75, 3.05) is 13.1 Å². The first-order valence-electron chi connectivity index (χ1n) is 11.9. The van der Waals surface area contributed by atoms with Crippen molar-refractivity contribution < 1.29 is 37.0 Å². The molecule has 0 saturated heterocycles. The Morgan fingerprint density at radius 2 is 1.93 bits per heavy atom. The highest BCUT2D eigenvalue weighted by Gasteiger charge is 2.31. The molecule has 1 aromatic heterocycles. The van der Waals surface area contributed by atoms with E-state index in [0.29, 0.717) is 0 Å². The van der Waals surface area contributed by atoms with Gasteiger partial charge in [-0.3, -0.25) is 4.79 Å². The van der Waals surface area contributed by atoms with Crippen molar-refractivity contribution in [2.24, 2.45) is 0 Å². The topological polar surface area (TPSA) is 64.6 Å². The summed E-state index contributed by atoms with van der Waals surface area (Å²) < 4.78 is 106. The van der Waals surface area contributed by atoms with Gasteiger partial charge in [0.1, 0.15) is 23.9 Å². The van der Waals surface area contributed by atoms with Crippen molar-refractivity contribution in [3.05, 3.63) is 72.2 Å². The van der Waals surface area contributed by atoms with E-state index in [1.54, 1.807) is 0 Å². The molecular weight excluding hydrogens is 399 g/mol. The molecule has 154 valence electrons. The Hall–Kier alpha value is -3.62. The maximum Gasteiger partial charge on any atom is 0.573 e. The third kappa shape index (κ3) is 4.51. The molecule has 0 radical (unpaired) electrons. The maximum atomic E-state index is 13.7. The average Bonchev–Trinajstić information content (AvgIpc) is 2.91. The highest BCUT2D eigenvalue weighted by Crippen LogP contribution is 2.31. The van der Waals surface area contributed by atoms with Crippen LogP contribution < -0.4 is 9.47 Å². The van der Waals surface area contributed by atoms with Gasteiger partial charge >= 0.3 is 6.36 Å². The van der Waals surface area contributed by atoms with Crippen LogP contribution in [0.5, 0.6) is 11.5 Å². The largest absolute Gasteiger partial charge is 0.573 e. The molecule has 0 spiro atoms. The Labute approximate surface area is 179 Å². The number of carbonyl (C=O) groups excluding carboxylic acids is 1. The zero-order valence-corrected chi connectivity index (χ0v) is 14.9. The lowest BCUT2D eigenvalue weighted by atomic mass is 10.0. The lowest BCUT2D eigenvalue weighted by Crippen LogP contribution is -2.32. The van der Waals surface area contributed by atoms with E-state index in [2.05, 4.69) is 14.7 Å². The molecular formula is C21H16F3N3O3. The van der Waals surface area contributed by atoms with E-state index in [-0.39, 0.29) is 16.0 Å². The summed E-state index contributed by atoms with van der Waals surface area (Å²) in [4.78, 5) is 21.4. The number of amides is 1. The van der Waals surface area contributed by atoms with Crippen LogP contribution in [0.1, 0.15) is 25.8 Å². The van der Waals surface area contributed by atoms with Crippen molar-refractivity contribution in [1.82, 2.24) is 14.9 Å². The number of nitrogens with zero attached hydrogens (tertiary/aromatic N) is 3. The molecule has 2 aromatic carbocycles. The Bertz CT molecular complexity index is 1360. The summed E-state index contributed by atoms with van der Waals surface area (Å²) in [6.45, 7) is -6.68. The molecule has 1 aliphatic rings. The van der Waals surface area contributed by atoms with Crippen molar-refractivity contribution in [3.63, 3.8) is 0 Å². The van der Waals surface area contributed by atoms with Gasteiger partial charge in [0.2, 0.25) is 0 Å². The standard InChI is InChI=1S/C21H16F3N3O3/c22-21(23,24)30-16-5-2-14(3-6-16)15-4-7-18-17(12-15)20(28)27(10-11-29-18)13-19-25-8-1-9-26-19/h1-9,12H,10-11,13H2/i4D,7D,10D2,12D,13D2. The molecule has 0 N–H and O–H groups in total. The molecule has 3 aromatic rings. The second kappa shape index (κ2) is 8.02. The van der Waals surface area contributed by atoms with Crippen LogP contribution in [-0.2, 0) is 6.50 Å². The number of hydrogen-bond donors (Lipinski definition) is 0. The van der Waals surface area contributed by atoms with Crippen molar-refractivity contribution in [3.8, 4) is 22.6 Å². The van der Waals surface area contributed by atoms with E-state index in [1.165, 1.54) is 18.5 Å². The minimum absolute atomic E-state index is 0.0122. The second-order valence-corrected chi connectivity index (χ2v) is 5.80. The lowest BCUT2D eigenvalue weighted by Gasteiger charge is -2.19. The van der Waals surface area contributed by atoms with Crippen LogP contribution in [0.3, 0.4) is 0 Å². The average molecular weight is 422 g/mol. The first-order chi connectivity index (χ1) is 17.1. The molecule has 0 saturated carbocycles. The summed E-state index contributed by atoms with van der Waals surface area (Å²) in [7, 11) is 0. The van der Waals surface area contributed by atoms with E-state index >= 15 is 0 Å². The van der Waals surface area contributed by atoms with Crippen LogP contribution in [0, 0.1) is 0 Å². The summed E-state index contributed by atoms with van der Waals surface area (Å²) in [5.41, 5.74) is -1.05. The van der Waals surface area contributed by atoms with Gasteiger partial charge in [0.25, 0.3) is 5.91 Å². The number of rotatable bonds is 4. The molecule has 0 unspecified atom stereocenters. The molecule has 9 heteroatoms. The monoisotopic (exact) mass is 422 g/mol. The molecule has 4 rings (SSSR count). The number of halogens is 3. The summed E-state index contributed by atoms with van der Waals surface area (Å²) in [6.07, 6.45) is -2.57. The number of hydrogen-bond acceptors (Lipinski definition) is 5. The van der Waals surface area contributed by atoms with Gasteiger partial charge < -0.3 is 14.4 Å². The molecule has 0 aliphatic carbocycles. The number of alkyl halides is 3. The Morgan fingerprint density at radius 1 is 1.20 bits per heavy atom. The van der Waals surface area contributed by atoms with Crippen LogP contribution in [-0.4, -0.2) is 40.2 Å². The number of carbonyl (C=O) groups is 1. The maximum absolute atomic E-state index is 13.7. The predicted octanol–water partition coefficient (Wildman–Crippen LogP) is 4.08. The predicted molar refractivity (Wildman–Crippen MR) is 101 cm³/mol. The van der Waals surface area contributed by atoms with Crippen molar-refractivity contribution in [1.29, 1.82) is 0 Å². The van der Waals surface area contributed by atoms with Crippen LogP contribution in [0.15, 0.2) is 60.9 Å². The van der Waals surface area contributed by atoms with Crippen molar-refractivity contribution >= 4 is 5.91 Å². The van der Waals surface area contributed by atoms with Gasteiger partial charge in [-0.2, -0.15) is 0 Å². The molecule has 0 bridgehead atoms. The van der Waals surface area contributed by atoms with Gasteiger partial charge in [-0.25, -0.2) is 9.97 Å². The number of fused-ring (bicyclic) bond motifs is 1. The van der Waals surface area contributed by atoms with E-state index < -0.39 is 72.9 Å². The first kappa shape index (κ1) is 12.8. The summed E-state index contributed by atoms with van der Waals surface area (Å²) >= 11 is 0. The van der Waals surface area contributed by atoms with Crippen LogP contribution in [0.2, 0.25) is 0 Å². The number of ether oxygens (including phenoxy) is 2. The Kier molecular flexibility index (Phi) is 3.43. The SMILES string of the molecule is [2H]c1c([2H])c(-c2ccc(OC(F)(F)F)cc2)c([2H])c2c1OCC([2H])([2H])N(C([2H])([2H])c1ncccn1)C2=O. The molecule has 2 heterocycles. The number of benzene rings is 2. The molecule has 1 amide bonds. The zero-order chi connectivity index (χ0) is 27.3. The molecule has 1 aliphatic heterocycles. The van der Waals surface area contributed by atoms with Gasteiger partial charge in [-0.1, -0.05) is 18.2 Å². The van der Waals surface area contributed by atoms with Gasteiger partial charge in [0.15, 0.2) is 0 Å². The van der Waals surface area contributed by atoms with E-state index in [1.807, 2.05) is 0 Å². The summed E-state index contributed by atoms with van der Waals surface area (Å²) in [5.74, 6) is -3.10. The molecule has 30 heavy (non-hydrogen) atoms. The van der Waals surface area contributed by atoms with E-state index in [4.69, 9.17) is 14.3 Å². The highest BCUT2D eigenvalue weighted by atomic mass is 19.4. The minimum Gasteiger partial charge on any atom is -0.491 e. The van der Waals surface area contributed by atoms with Gasteiger partial charge in [-0.05, 0) is 41.4 Å². The third-order valence-electron chi connectivity index (χ3n) is 3.79. The Balaban J connectivity index is 1.88. The van der Waals surface area contributed by atoms with Crippen LogP contribution in [0.25, 0.3) is 11.1 Å². The van der Waals surface area contributed by atoms with Gasteiger partial charge in [0, 0.05) is 12.4 Å².